The first kappa shape index (κ1) is 14.7. The maximum absolute atomic E-state index is 13.7. The van der Waals surface area contributed by atoms with Crippen molar-refractivity contribution in [3.8, 4) is 6.07 Å². The number of hydrogen-bond acceptors (Lipinski definition) is 2. The fourth-order valence-corrected chi connectivity index (χ4v) is 1.83. The SMILES string of the molecule is CC(C)(C#N)CNCC(C)(C)c1ccccc1F. The van der Waals surface area contributed by atoms with Crippen molar-refractivity contribution in [3.63, 3.8) is 0 Å². The third kappa shape index (κ3) is 3.82. The van der Waals surface area contributed by atoms with Crippen molar-refractivity contribution in [2.24, 2.45) is 5.41 Å². The van der Waals surface area contributed by atoms with Crippen molar-refractivity contribution < 1.29 is 4.39 Å². The monoisotopic (exact) mass is 248 g/mol. The van der Waals surface area contributed by atoms with Crippen LogP contribution < -0.4 is 5.32 Å². The molecule has 0 saturated carbocycles. The van der Waals surface area contributed by atoms with Crippen molar-refractivity contribution in [2.75, 3.05) is 13.1 Å². The van der Waals surface area contributed by atoms with Gasteiger partial charge in [0.05, 0.1) is 11.5 Å². The Hall–Kier alpha value is -1.40. The normalized spacial score (nSPS) is 12.2. The molecule has 0 aliphatic rings. The first-order valence-corrected chi connectivity index (χ1v) is 6.15. The van der Waals surface area contributed by atoms with Gasteiger partial charge in [0.1, 0.15) is 5.82 Å². The summed E-state index contributed by atoms with van der Waals surface area (Å²) in [5.74, 6) is -0.177. The molecule has 0 radical (unpaired) electrons. The maximum Gasteiger partial charge on any atom is 0.126 e. The number of nitriles is 1. The minimum atomic E-state index is -0.398. The Bertz CT molecular complexity index is 444. The van der Waals surface area contributed by atoms with Gasteiger partial charge in [0.2, 0.25) is 0 Å². The van der Waals surface area contributed by atoms with Crippen molar-refractivity contribution >= 4 is 0 Å². The summed E-state index contributed by atoms with van der Waals surface area (Å²) in [4.78, 5) is 0. The van der Waals surface area contributed by atoms with Gasteiger partial charge in [-0.05, 0) is 25.5 Å². The number of hydrogen-bond donors (Lipinski definition) is 1. The standard InChI is InChI=1S/C15H21FN2/c1-14(2,9-17)10-18-11-15(3,4)12-7-5-6-8-13(12)16/h5-8,18H,10-11H2,1-4H3. The van der Waals surface area contributed by atoms with Crippen LogP contribution >= 0.6 is 0 Å². The average Bonchev–Trinajstić information content (AvgIpc) is 2.29. The van der Waals surface area contributed by atoms with E-state index in [1.807, 2.05) is 39.8 Å². The summed E-state index contributed by atoms with van der Waals surface area (Å²) in [6.07, 6.45) is 0. The second-order valence-electron chi connectivity index (χ2n) is 5.96. The van der Waals surface area contributed by atoms with E-state index in [0.717, 1.165) is 0 Å². The molecule has 2 nitrogen and oxygen atoms in total. The van der Waals surface area contributed by atoms with Crippen molar-refractivity contribution in [2.45, 2.75) is 33.1 Å². The van der Waals surface area contributed by atoms with E-state index in [9.17, 15) is 4.39 Å². The lowest BCUT2D eigenvalue weighted by Gasteiger charge is -2.27. The summed E-state index contributed by atoms with van der Waals surface area (Å²) in [5, 5.41) is 12.2. The minimum absolute atomic E-state index is 0.177. The van der Waals surface area contributed by atoms with Gasteiger partial charge in [0.15, 0.2) is 0 Å². The molecule has 0 unspecified atom stereocenters. The molecule has 1 aromatic carbocycles. The van der Waals surface area contributed by atoms with Gasteiger partial charge in [-0.15, -0.1) is 0 Å². The van der Waals surface area contributed by atoms with Gasteiger partial charge in [0.25, 0.3) is 0 Å². The van der Waals surface area contributed by atoms with Crippen LogP contribution in [0.2, 0.25) is 0 Å². The molecular weight excluding hydrogens is 227 g/mol. The molecule has 0 aromatic heterocycles. The van der Waals surface area contributed by atoms with Crippen molar-refractivity contribution in [3.05, 3.63) is 35.6 Å². The summed E-state index contributed by atoms with van der Waals surface area (Å²) < 4.78 is 13.7. The summed E-state index contributed by atoms with van der Waals surface area (Å²) in [6.45, 7) is 9.00. The highest BCUT2D eigenvalue weighted by Crippen LogP contribution is 2.25. The molecule has 1 rings (SSSR count). The Morgan fingerprint density at radius 3 is 2.33 bits per heavy atom. The van der Waals surface area contributed by atoms with Gasteiger partial charge in [-0.1, -0.05) is 32.0 Å². The lowest BCUT2D eigenvalue weighted by atomic mass is 9.84. The van der Waals surface area contributed by atoms with Gasteiger partial charge in [-0.25, -0.2) is 4.39 Å². The highest BCUT2D eigenvalue weighted by Gasteiger charge is 2.25. The van der Waals surface area contributed by atoms with Crippen LogP contribution in [0.25, 0.3) is 0 Å². The number of nitrogens with one attached hydrogen (secondary N) is 1. The molecule has 98 valence electrons. The van der Waals surface area contributed by atoms with Crippen LogP contribution in [0.1, 0.15) is 33.3 Å². The van der Waals surface area contributed by atoms with Gasteiger partial charge >= 0.3 is 0 Å². The fraction of sp³-hybridized carbons (Fsp3) is 0.533. The zero-order chi connectivity index (χ0) is 13.8. The molecule has 0 fully saturated rings. The van der Waals surface area contributed by atoms with Crippen LogP contribution in [0.4, 0.5) is 4.39 Å². The Morgan fingerprint density at radius 1 is 1.17 bits per heavy atom. The fourth-order valence-electron chi connectivity index (χ4n) is 1.83. The topological polar surface area (TPSA) is 35.8 Å². The number of halogens is 1. The molecule has 0 spiro atoms. The maximum atomic E-state index is 13.7. The Labute approximate surface area is 109 Å². The zero-order valence-corrected chi connectivity index (χ0v) is 11.5. The van der Waals surface area contributed by atoms with E-state index >= 15 is 0 Å². The van der Waals surface area contributed by atoms with E-state index in [2.05, 4.69) is 11.4 Å². The van der Waals surface area contributed by atoms with Crippen LogP contribution in [0.5, 0.6) is 0 Å². The quantitative estimate of drug-likeness (QED) is 0.868. The zero-order valence-electron chi connectivity index (χ0n) is 11.5. The third-order valence-corrected chi connectivity index (χ3v) is 3.04. The molecule has 1 aromatic rings. The molecule has 0 atom stereocenters. The molecule has 0 heterocycles. The molecular formula is C15H21FN2. The summed E-state index contributed by atoms with van der Waals surface area (Å²) >= 11 is 0. The van der Waals surface area contributed by atoms with E-state index in [1.165, 1.54) is 6.07 Å². The minimum Gasteiger partial charge on any atom is -0.314 e. The van der Waals surface area contributed by atoms with Crippen molar-refractivity contribution in [1.82, 2.24) is 5.32 Å². The summed E-state index contributed by atoms with van der Waals surface area (Å²) in [7, 11) is 0. The molecule has 0 amide bonds. The predicted octanol–water partition coefficient (Wildman–Crippen LogP) is 3.24. The highest BCUT2D eigenvalue weighted by molar-refractivity contribution is 5.25. The first-order valence-electron chi connectivity index (χ1n) is 6.15. The number of nitrogens with zero attached hydrogens (tertiary/aromatic N) is 1. The molecule has 0 saturated heterocycles. The van der Waals surface area contributed by atoms with E-state index in [-0.39, 0.29) is 11.2 Å². The van der Waals surface area contributed by atoms with E-state index in [4.69, 9.17) is 5.26 Å². The smallest absolute Gasteiger partial charge is 0.126 e. The Kier molecular flexibility index (Phi) is 4.48. The van der Waals surface area contributed by atoms with Gasteiger partial charge < -0.3 is 5.32 Å². The lowest BCUT2D eigenvalue weighted by molar-refractivity contribution is 0.389. The van der Waals surface area contributed by atoms with E-state index in [0.29, 0.717) is 18.7 Å². The summed E-state index contributed by atoms with van der Waals surface area (Å²) in [5.41, 5.74) is 0.00890. The number of benzene rings is 1. The van der Waals surface area contributed by atoms with Gasteiger partial charge in [0, 0.05) is 18.5 Å². The Morgan fingerprint density at radius 2 is 1.78 bits per heavy atom. The van der Waals surface area contributed by atoms with Crippen LogP contribution in [-0.4, -0.2) is 13.1 Å². The lowest BCUT2D eigenvalue weighted by Crippen LogP contribution is -2.38. The van der Waals surface area contributed by atoms with Crippen LogP contribution in [0.3, 0.4) is 0 Å². The molecule has 3 heteroatoms. The van der Waals surface area contributed by atoms with Crippen LogP contribution in [-0.2, 0) is 5.41 Å². The van der Waals surface area contributed by atoms with E-state index in [1.54, 1.807) is 6.07 Å². The number of rotatable bonds is 5. The summed E-state index contributed by atoms with van der Waals surface area (Å²) in [6, 6.07) is 9.08. The van der Waals surface area contributed by atoms with Gasteiger partial charge in [-0.3, -0.25) is 0 Å². The molecule has 1 N–H and O–H groups in total. The second kappa shape index (κ2) is 5.49. The Balaban J connectivity index is 2.67. The van der Waals surface area contributed by atoms with Gasteiger partial charge in [-0.2, -0.15) is 5.26 Å². The van der Waals surface area contributed by atoms with Crippen LogP contribution in [0, 0.1) is 22.6 Å². The second-order valence-corrected chi connectivity index (χ2v) is 5.96. The van der Waals surface area contributed by atoms with Crippen molar-refractivity contribution in [1.29, 1.82) is 5.26 Å². The molecule has 0 bridgehead atoms. The van der Waals surface area contributed by atoms with E-state index < -0.39 is 5.41 Å². The largest absolute Gasteiger partial charge is 0.314 e. The first-order chi connectivity index (χ1) is 8.28. The highest BCUT2D eigenvalue weighted by atomic mass is 19.1. The molecule has 0 aliphatic heterocycles. The predicted molar refractivity (Wildman–Crippen MR) is 71.7 cm³/mol. The third-order valence-electron chi connectivity index (χ3n) is 3.04. The molecule has 18 heavy (non-hydrogen) atoms. The molecule has 0 aliphatic carbocycles. The van der Waals surface area contributed by atoms with Crippen LogP contribution in [0.15, 0.2) is 24.3 Å². The average molecular weight is 248 g/mol.